The van der Waals surface area contributed by atoms with Gasteiger partial charge in [-0.15, -0.1) is 24.0 Å². The fourth-order valence-corrected chi connectivity index (χ4v) is 2.95. The van der Waals surface area contributed by atoms with E-state index in [4.69, 9.17) is 14.5 Å². The molecule has 0 spiro atoms. The van der Waals surface area contributed by atoms with Crippen LogP contribution in [0.4, 0.5) is 4.39 Å². The maximum atomic E-state index is 13.6. The van der Waals surface area contributed by atoms with Crippen molar-refractivity contribution in [1.82, 2.24) is 15.1 Å². The van der Waals surface area contributed by atoms with Gasteiger partial charge in [0.2, 0.25) is 0 Å². The molecule has 1 heterocycles. The van der Waals surface area contributed by atoms with Crippen LogP contribution in [0.2, 0.25) is 0 Å². The summed E-state index contributed by atoms with van der Waals surface area (Å²) in [6, 6.07) is 6.47. The monoisotopic (exact) mass is 508 g/mol. The molecule has 1 aliphatic rings. The predicted molar refractivity (Wildman–Crippen MR) is 122 cm³/mol. The lowest BCUT2D eigenvalue weighted by Gasteiger charge is -2.29. The van der Waals surface area contributed by atoms with E-state index >= 15 is 0 Å². The largest absolute Gasteiger partial charge is 0.489 e. The molecule has 0 radical (unpaired) electrons. The highest BCUT2D eigenvalue weighted by Gasteiger charge is 2.14. The summed E-state index contributed by atoms with van der Waals surface area (Å²) in [5.74, 6) is 1.27. The van der Waals surface area contributed by atoms with Crippen molar-refractivity contribution in [3.8, 4) is 5.75 Å². The van der Waals surface area contributed by atoms with E-state index in [2.05, 4.69) is 24.1 Å². The molecule has 28 heavy (non-hydrogen) atoms. The maximum absolute atomic E-state index is 13.6. The van der Waals surface area contributed by atoms with E-state index in [1.165, 1.54) is 6.07 Å². The summed E-state index contributed by atoms with van der Waals surface area (Å²) in [6.45, 7) is 11.5. The molecule has 0 amide bonds. The highest BCUT2D eigenvalue weighted by molar-refractivity contribution is 14.0. The average molecular weight is 508 g/mol. The van der Waals surface area contributed by atoms with E-state index in [1.54, 1.807) is 18.2 Å². The van der Waals surface area contributed by atoms with Crippen LogP contribution in [0.1, 0.15) is 13.8 Å². The second-order valence-corrected chi connectivity index (χ2v) is 6.91. The Balaban J connectivity index is 0.00000392. The SMILES string of the molecule is CCNC(=NCC(C)CN1CCOCC1)N(C)CCOc1ccccc1F.I. The molecule has 1 aromatic rings. The van der Waals surface area contributed by atoms with Crippen LogP contribution in [-0.2, 0) is 4.74 Å². The topological polar surface area (TPSA) is 49.3 Å². The molecular formula is C20H34FIN4O2. The first kappa shape index (κ1) is 24.9. The smallest absolute Gasteiger partial charge is 0.193 e. The second-order valence-electron chi connectivity index (χ2n) is 6.91. The van der Waals surface area contributed by atoms with E-state index in [-0.39, 0.29) is 35.5 Å². The summed E-state index contributed by atoms with van der Waals surface area (Å²) in [4.78, 5) is 9.22. The van der Waals surface area contributed by atoms with Crippen LogP contribution in [0.3, 0.4) is 0 Å². The van der Waals surface area contributed by atoms with Crippen molar-refractivity contribution in [3.63, 3.8) is 0 Å². The Morgan fingerprint density at radius 2 is 2.07 bits per heavy atom. The summed E-state index contributed by atoms with van der Waals surface area (Å²) in [5.41, 5.74) is 0. The Morgan fingerprint density at radius 1 is 1.36 bits per heavy atom. The molecule has 1 saturated heterocycles. The van der Waals surface area contributed by atoms with E-state index < -0.39 is 0 Å². The number of hydrogen-bond donors (Lipinski definition) is 1. The molecule has 160 valence electrons. The molecule has 1 N–H and O–H groups in total. The highest BCUT2D eigenvalue weighted by Crippen LogP contribution is 2.15. The van der Waals surface area contributed by atoms with Gasteiger partial charge in [0, 0.05) is 39.8 Å². The van der Waals surface area contributed by atoms with Gasteiger partial charge in [-0.25, -0.2) is 4.39 Å². The number of hydrogen-bond acceptors (Lipinski definition) is 4. The first-order valence-corrected chi connectivity index (χ1v) is 9.77. The van der Waals surface area contributed by atoms with Gasteiger partial charge in [0.05, 0.1) is 19.8 Å². The van der Waals surface area contributed by atoms with Crippen molar-refractivity contribution < 1.29 is 13.9 Å². The quantitative estimate of drug-likeness (QED) is 0.316. The van der Waals surface area contributed by atoms with E-state index in [0.29, 0.717) is 19.1 Å². The minimum absolute atomic E-state index is 0. The summed E-state index contributed by atoms with van der Waals surface area (Å²) in [5, 5.41) is 3.31. The van der Waals surface area contributed by atoms with Crippen molar-refractivity contribution in [2.75, 3.05) is 66.1 Å². The summed E-state index contributed by atoms with van der Waals surface area (Å²) < 4.78 is 24.6. The molecule has 2 rings (SSSR count). The number of ether oxygens (including phenoxy) is 2. The number of aliphatic imine (C=N–C) groups is 1. The lowest BCUT2D eigenvalue weighted by atomic mass is 10.1. The number of benzene rings is 1. The molecule has 1 unspecified atom stereocenters. The van der Waals surface area contributed by atoms with Crippen LogP contribution in [0.25, 0.3) is 0 Å². The van der Waals surface area contributed by atoms with Gasteiger partial charge in [0.1, 0.15) is 6.61 Å². The number of guanidine groups is 1. The molecule has 0 saturated carbocycles. The van der Waals surface area contributed by atoms with Gasteiger partial charge in [-0.1, -0.05) is 19.1 Å². The molecule has 0 aliphatic carbocycles. The first-order chi connectivity index (χ1) is 13.1. The molecule has 6 nitrogen and oxygen atoms in total. The zero-order valence-corrected chi connectivity index (χ0v) is 19.5. The number of nitrogens with zero attached hydrogens (tertiary/aromatic N) is 3. The zero-order valence-electron chi connectivity index (χ0n) is 17.2. The second kappa shape index (κ2) is 13.9. The van der Waals surface area contributed by atoms with Gasteiger partial charge in [-0.05, 0) is 25.0 Å². The fourth-order valence-electron chi connectivity index (χ4n) is 2.95. The van der Waals surface area contributed by atoms with Crippen LogP contribution in [0.15, 0.2) is 29.3 Å². The number of halogens is 2. The van der Waals surface area contributed by atoms with Crippen molar-refractivity contribution in [3.05, 3.63) is 30.1 Å². The Kier molecular flexibility index (Phi) is 12.4. The third kappa shape index (κ3) is 8.91. The number of rotatable bonds is 9. The van der Waals surface area contributed by atoms with Crippen molar-refractivity contribution >= 4 is 29.9 Å². The lowest BCUT2D eigenvalue weighted by Crippen LogP contribution is -2.42. The Morgan fingerprint density at radius 3 is 2.75 bits per heavy atom. The standard InChI is InChI=1S/C20H33FN4O2.HI/c1-4-22-20(23-15-17(2)16-25-10-12-26-13-11-25)24(3)9-14-27-19-8-6-5-7-18(19)21;/h5-8,17H,4,9-16H2,1-3H3,(H,22,23);1H. The Labute approximate surface area is 185 Å². The lowest BCUT2D eigenvalue weighted by molar-refractivity contribution is 0.0323. The molecule has 0 bridgehead atoms. The molecule has 8 heteroatoms. The van der Waals surface area contributed by atoms with Crippen LogP contribution in [0.5, 0.6) is 5.75 Å². The Hall–Kier alpha value is -1.13. The average Bonchev–Trinajstić information content (AvgIpc) is 2.67. The van der Waals surface area contributed by atoms with Gasteiger partial charge in [0.25, 0.3) is 0 Å². The summed E-state index contributed by atoms with van der Waals surface area (Å²) in [6.07, 6.45) is 0. The van der Waals surface area contributed by atoms with Gasteiger partial charge in [-0.2, -0.15) is 0 Å². The third-order valence-electron chi connectivity index (χ3n) is 4.44. The van der Waals surface area contributed by atoms with Crippen LogP contribution < -0.4 is 10.1 Å². The summed E-state index contributed by atoms with van der Waals surface area (Å²) in [7, 11) is 1.97. The minimum atomic E-state index is -0.335. The fraction of sp³-hybridized carbons (Fsp3) is 0.650. The maximum Gasteiger partial charge on any atom is 0.193 e. The summed E-state index contributed by atoms with van der Waals surface area (Å²) >= 11 is 0. The van der Waals surface area contributed by atoms with Gasteiger partial charge in [-0.3, -0.25) is 9.89 Å². The molecule has 0 aromatic heterocycles. The van der Waals surface area contributed by atoms with Crippen molar-refractivity contribution in [1.29, 1.82) is 0 Å². The Bertz CT molecular complexity index is 585. The highest BCUT2D eigenvalue weighted by atomic mass is 127. The van der Waals surface area contributed by atoms with Crippen molar-refractivity contribution in [2.24, 2.45) is 10.9 Å². The van der Waals surface area contributed by atoms with Gasteiger partial charge in [0.15, 0.2) is 17.5 Å². The molecule has 1 aliphatic heterocycles. The van der Waals surface area contributed by atoms with Gasteiger partial charge >= 0.3 is 0 Å². The molecule has 1 atom stereocenters. The normalized spacial score (nSPS) is 16.2. The third-order valence-corrected chi connectivity index (χ3v) is 4.44. The van der Waals surface area contributed by atoms with Crippen LogP contribution >= 0.6 is 24.0 Å². The minimum Gasteiger partial charge on any atom is -0.489 e. The molecule has 1 aromatic carbocycles. The van der Waals surface area contributed by atoms with E-state index in [9.17, 15) is 4.39 Å². The first-order valence-electron chi connectivity index (χ1n) is 9.77. The van der Waals surface area contributed by atoms with Gasteiger partial charge < -0.3 is 19.7 Å². The van der Waals surface area contributed by atoms with Crippen molar-refractivity contribution in [2.45, 2.75) is 13.8 Å². The number of likely N-dealkylation sites (N-methyl/N-ethyl adjacent to an activating group) is 1. The zero-order chi connectivity index (χ0) is 19.5. The van der Waals surface area contributed by atoms with Crippen LogP contribution in [0, 0.1) is 11.7 Å². The molecular weight excluding hydrogens is 474 g/mol. The van der Waals surface area contributed by atoms with E-state index in [1.807, 2.05) is 11.9 Å². The molecule has 1 fully saturated rings. The predicted octanol–water partition coefficient (Wildman–Crippen LogP) is 2.69. The number of para-hydroxylation sites is 1. The van der Waals surface area contributed by atoms with E-state index in [0.717, 1.165) is 51.9 Å². The number of morpholine rings is 1. The van der Waals surface area contributed by atoms with Crippen LogP contribution in [-0.4, -0.2) is 81.9 Å². The number of nitrogens with one attached hydrogen (secondary N) is 1.